The Morgan fingerprint density at radius 3 is 1.45 bits per heavy atom. The van der Waals surface area contributed by atoms with E-state index < -0.39 is 19.0 Å². The number of carbonyl (C=O) groups excluding carboxylic acids is 2. The van der Waals surface area contributed by atoms with Gasteiger partial charge in [0.25, 0.3) is 5.91 Å². The number of ketones is 1. The molecule has 0 spiro atoms. The molecule has 0 fully saturated rings. The molecule has 4 aromatic carbocycles. The fourth-order valence-corrected chi connectivity index (χ4v) is 8.29. The summed E-state index contributed by atoms with van der Waals surface area (Å²) < 4.78 is 0. The van der Waals surface area contributed by atoms with Gasteiger partial charge in [-0.1, -0.05) is 72.8 Å². The molecule has 4 aromatic rings. The van der Waals surface area contributed by atoms with Gasteiger partial charge in [0, 0.05) is 18.2 Å². The normalized spacial score (nSPS) is 10.7. The molecule has 1 N–H and O–H groups in total. The van der Waals surface area contributed by atoms with E-state index in [0.29, 0.717) is 5.69 Å². The Balaban J connectivity index is 0.00000306. The minimum absolute atomic E-state index is 0. The lowest BCUT2D eigenvalue weighted by atomic mass is 10.2. The molecule has 5 heteroatoms. The second-order valence-electron chi connectivity index (χ2n) is 7.64. The van der Waals surface area contributed by atoms with Gasteiger partial charge < -0.3 is 17.7 Å². The van der Waals surface area contributed by atoms with Gasteiger partial charge in [-0.05, 0) is 42.5 Å². The molecule has 3 nitrogen and oxygen atoms in total. The smallest absolute Gasteiger partial charge is 0.291 e. The van der Waals surface area contributed by atoms with Gasteiger partial charge in [0.2, 0.25) is 5.78 Å². The molecular formula is C28H25ClNO2P. The van der Waals surface area contributed by atoms with Crippen LogP contribution in [0.4, 0.5) is 5.69 Å². The lowest BCUT2D eigenvalue weighted by molar-refractivity contribution is -0.133. The zero-order chi connectivity index (χ0) is 22.4. The van der Waals surface area contributed by atoms with Crippen LogP contribution in [0.15, 0.2) is 115 Å². The maximum absolute atomic E-state index is 12.2. The number of benzene rings is 4. The van der Waals surface area contributed by atoms with Crippen LogP contribution in [0.5, 0.6) is 0 Å². The maximum Gasteiger partial charge on any atom is 0.291 e. The summed E-state index contributed by atoms with van der Waals surface area (Å²) in [7, 11) is -2.11. The van der Waals surface area contributed by atoms with Crippen molar-refractivity contribution in [3.63, 3.8) is 0 Å². The fraction of sp³-hybridized carbons (Fsp3) is 0.0714. The number of hydrogen-bond donors (Lipinski definition) is 1. The number of nitrogens with one attached hydrogen (secondary N) is 1. The zero-order valence-electron chi connectivity index (χ0n) is 18.3. The molecule has 33 heavy (non-hydrogen) atoms. The maximum atomic E-state index is 12.2. The SMILES string of the molecule is CC(=O)C(=O)Nc1ccccc1C[P+](c1ccccc1)(c1ccccc1)c1ccccc1.[Cl-]. The summed E-state index contributed by atoms with van der Waals surface area (Å²) in [4.78, 5) is 23.8. The van der Waals surface area contributed by atoms with Crippen LogP contribution in [-0.4, -0.2) is 11.7 Å². The number of amides is 1. The standard InChI is InChI=1S/C28H24NO2P.ClH/c1-22(30)28(31)29-27-20-12-11-13-23(27)21-32(24-14-5-2-6-15-24,25-16-7-3-8-17-25)26-18-9-4-10-19-26;/h2-20H,21H2,1H3;1H. The van der Waals surface area contributed by atoms with Crippen LogP contribution in [0.2, 0.25) is 0 Å². The first-order chi connectivity index (χ1) is 15.6. The van der Waals surface area contributed by atoms with Crippen LogP contribution in [0.1, 0.15) is 12.5 Å². The van der Waals surface area contributed by atoms with E-state index in [1.54, 1.807) is 0 Å². The van der Waals surface area contributed by atoms with Crippen molar-refractivity contribution in [1.82, 2.24) is 0 Å². The molecule has 0 saturated heterocycles. The number of carbonyl (C=O) groups is 2. The molecule has 0 atom stereocenters. The minimum Gasteiger partial charge on any atom is -1.00 e. The summed E-state index contributed by atoms with van der Waals surface area (Å²) in [5, 5.41) is 6.62. The van der Waals surface area contributed by atoms with Gasteiger partial charge in [-0.3, -0.25) is 9.59 Å². The molecule has 166 valence electrons. The number of anilines is 1. The Hall–Kier alpha value is -3.26. The van der Waals surface area contributed by atoms with E-state index in [4.69, 9.17) is 0 Å². The second kappa shape index (κ2) is 11.0. The Morgan fingerprint density at radius 2 is 1.03 bits per heavy atom. The van der Waals surface area contributed by atoms with Crippen molar-refractivity contribution in [2.24, 2.45) is 0 Å². The van der Waals surface area contributed by atoms with Crippen molar-refractivity contribution in [3.8, 4) is 0 Å². The number of para-hydroxylation sites is 1. The highest BCUT2D eigenvalue weighted by Gasteiger charge is 2.45. The van der Waals surface area contributed by atoms with E-state index in [0.717, 1.165) is 11.7 Å². The number of rotatable bonds is 7. The van der Waals surface area contributed by atoms with Gasteiger partial charge in [0.05, 0.1) is 0 Å². The topological polar surface area (TPSA) is 46.2 Å². The van der Waals surface area contributed by atoms with Crippen molar-refractivity contribution < 1.29 is 22.0 Å². The molecule has 0 aliphatic carbocycles. The molecule has 0 aliphatic heterocycles. The van der Waals surface area contributed by atoms with Crippen LogP contribution in [0.25, 0.3) is 0 Å². The van der Waals surface area contributed by atoms with E-state index in [9.17, 15) is 9.59 Å². The van der Waals surface area contributed by atoms with Crippen LogP contribution in [0.3, 0.4) is 0 Å². The van der Waals surface area contributed by atoms with Gasteiger partial charge in [-0.25, -0.2) is 0 Å². The first-order valence-corrected chi connectivity index (χ1v) is 12.5. The summed E-state index contributed by atoms with van der Waals surface area (Å²) in [5.74, 6) is -1.10. The van der Waals surface area contributed by atoms with Crippen molar-refractivity contribution in [1.29, 1.82) is 0 Å². The average Bonchev–Trinajstić information content (AvgIpc) is 2.85. The van der Waals surface area contributed by atoms with Crippen molar-refractivity contribution in [2.45, 2.75) is 13.1 Å². The third kappa shape index (κ3) is 5.22. The first kappa shape index (κ1) is 24.4. The summed E-state index contributed by atoms with van der Waals surface area (Å²) in [6.07, 6.45) is 0.722. The van der Waals surface area contributed by atoms with Gasteiger partial charge in [0.15, 0.2) is 0 Å². The largest absolute Gasteiger partial charge is 1.00 e. The number of Topliss-reactive ketones (excluding diaryl/α,β-unsaturated/α-hetero) is 1. The van der Waals surface area contributed by atoms with Crippen LogP contribution in [-0.2, 0) is 15.8 Å². The lowest BCUT2D eigenvalue weighted by Gasteiger charge is -2.28. The molecular weight excluding hydrogens is 449 g/mol. The highest BCUT2D eigenvalue weighted by Crippen LogP contribution is 2.58. The third-order valence-corrected chi connectivity index (χ3v) is 9.94. The Kier molecular flexibility index (Phi) is 8.16. The van der Waals surface area contributed by atoms with Crippen LogP contribution >= 0.6 is 7.26 Å². The predicted octanol–water partition coefficient (Wildman–Crippen LogP) is 1.71. The molecule has 0 aliphatic rings. The first-order valence-electron chi connectivity index (χ1n) is 10.6. The monoisotopic (exact) mass is 473 g/mol. The average molecular weight is 474 g/mol. The Morgan fingerprint density at radius 1 is 0.636 bits per heavy atom. The molecule has 0 unspecified atom stereocenters. The van der Waals surface area contributed by atoms with E-state index in [1.807, 2.05) is 42.5 Å². The third-order valence-electron chi connectivity index (χ3n) is 5.58. The summed E-state index contributed by atoms with van der Waals surface area (Å²) in [6, 6.07) is 39.6. The fourth-order valence-electron chi connectivity index (χ4n) is 4.01. The van der Waals surface area contributed by atoms with Gasteiger partial charge in [0.1, 0.15) is 29.3 Å². The van der Waals surface area contributed by atoms with Crippen LogP contribution < -0.4 is 33.6 Å². The van der Waals surface area contributed by atoms with E-state index >= 15 is 0 Å². The molecule has 0 bridgehead atoms. The van der Waals surface area contributed by atoms with E-state index in [2.05, 4.69) is 78.1 Å². The summed E-state index contributed by atoms with van der Waals surface area (Å²) in [5.41, 5.74) is 1.69. The van der Waals surface area contributed by atoms with Gasteiger partial charge in [-0.2, -0.15) is 0 Å². The van der Waals surface area contributed by atoms with Gasteiger partial charge >= 0.3 is 0 Å². The predicted molar refractivity (Wildman–Crippen MR) is 135 cm³/mol. The molecule has 0 saturated carbocycles. The van der Waals surface area contributed by atoms with E-state index in [-0.39, 0.29) is 12.4 Å². The second-order valence-corrected chi connectivity index (χ2v) is 11.1. The lowest BCUT2D eigenvalue weighted by Crippen LogP contribution is -3.00. The Bertz CT molecular complexity index is 1120. The molecule has 1 amide bonds. The molecule has 0 aromatic heterocycles. The number of halogens is 1. The quantitative estimate of drug-likeness (QED) is 0.328. The van der Waals surface area contributed by atoms with Crippen molar-refractivity contribution >= 4 is 40.6 Å². The highest BCUT2D eigenvalue weighted by molar-refractivity contribution is 7.95. The van der Waals surface area contributed by atoms with E-state index in [1.165, 1.54) is 22.8 Å². The highest BCUT2D eigenvalue weighted by atomic mass is 35.5. The molecule has 0 heterocycles. The Labute approximate surface area is 201 Å². The molecule has 0 radical (unpaired) electrons. The van der Waals surface area contributed by atoms with Crippen LogP contribution in [0, 0.1) is 0 Å². The minimum atomic E-state index is -2.11. The van der Waals surface area contributed by atoms with Gasteiger partial charge in [-0.15, -0.1) is 0 Å². The van der Waals surface area contributed by atoms with Crippen molar-refractivity contribution in [3.05, 3.63) is 121 Å². The number of hydrogen-bond acceptors (Lipinski definition) is 2. The molecule has 4 rings (SSSR count). The summed E-state index contributed by atoms with van der Waals surface area (Å²) in [6.45, 7) is 1.28. The van der Waals surface area contributed by atoms with Crippen molar-refractivity contribution in [2.75, 3.05) is 5.32 Å². The zero-order valence-corrected chi connectivity index (χ0v) is 20.0. The summed E-state index contributed by atoms with van der Waals surface area (Å²) >= 11 is 0.